The maximum Gasteiger partial charge on any atom is 0.231 e. The molecule has 0 saturated carbocycles. The Morgan fingerprint density at radius 1 is 1.21 bits per heavy atom. The van der Waals surface area contributed by atoms with Crippen molar-refractivity contribution in [3.63, 3.8) is 0 Å². The number of ether oxygens (including phenoxy) is 2. The lowest BCUT2D eigenvalue weighted by Gasteiger charge is -2.31. The van der Waals surface area contributed by atoms with Crippen LogP contribution in [0.3, 0.4) is 0 Å². The van der Waals surface area contributed by atoms with Crippen LogP contribution < -0.4 is 14.8 Å². The van der Waals surface area contributed by atoms with E-state index >= 15 is 0 Å². The molecule has 3 aliphatic heterocycles. The van der Waals surface area contributed by atoms with Crippen molar-refractivity contribution in [2.45, 2.75) is 57.7 Å². The Morgan fingerprint density at radius 2 is 2.04 bits per heavy atom. The number of likely N-dealkylation sites (tertiary alicyclic amines) is 2. The second kappa shape index (κ2) is 8.89. The standard InChI is InChI=1S/C21H30ClN3O3/c1-2-24-9-3-4-17(24)13-25-16(5-6-21(25)26)7-8-23-12-15-10-19-20(11-18(15)22)28-14-27-19/h10-11,16-17,23H,2-9,12-14H2,1H3. The van der Waals surface area contributed by atoms with E-state index < -0.39 is 0 Å². The molecular weight excluding hydrogens is 378 g/mol. The summed E-state index contributed by atoms with van der Waals surface area (Å²) in [5.41, 5.74) is 1.01. The molecule has 2 saturated heterocycles. The van der Waals surface area contributed by atoms with Crippen LogP contribution in [0.1, 0.15) is 44.6 Å². The summed E-state index contributed by atoms with van der Waals surface area (Å²) in [6.45, 7) is 7.16. The number of hydrogen-bond donors (Lipinski definition) is 1. The molecule has 1 aromatic rings. The van der Waals surface area contributed by atoms with Crippen molar-refractivity contribution < 1.29 is 14.3 Å². The monoisotopic (exact) mass is 407 g/mol. The van der Waals surface area contributed by atoms with Gasteiger partial charge in [-0.15, -0.1) is 0 Å². The number of nitrogens with zero attached hydrogens (tertiary/aromatic N) is 2. The topological polar surface area (TPSA) is 54.0 Å². The van der Waals surface area contributed by atoms with E-state index in [9.17, 15) is 4.79 Å². The molecule has 0 aromatic heterocycles. The number of hydrogen-bond acceptors (Lipinski definition) is 5. The van der Waals surface area contributed by atoms with Crippen LogP contribution in [0.25, 0.3) is 0 Å². The van der Waals surface area contributed by atoms with E-state index in [0.29, 0.717) is 41.7 Å². The summed E-state index contributed by atoms with van der Waals surface area (Å²) in [5, 5.41) is 4.17. The van der Waals surface area contributed by atoms with Gasteiger partial charge in [0.2, 0.25) is 12.7 Å². The fourth-order valence-electron chi connectivity index (χ4n) is 4.68. The van der Waals surface area contributed by atoms with Crippen molar-refractivity contribution in [3.8, 4) is 11.5 Å². The highest BCUT2D eigenvalue weighted by molar-refractivity contribution is 6.31. The molecule has 3 heterocycles. The molecule has 3 aliphatic rings. The molecule has 154 valence electrons. The second-order valence-electron chi connectivity index (χ2n) is 7.93. The van der Waals surface area contributed by atoms with Crippen molar-refractivity contribution >= 4 is 17.5 Å². The van der Waals surface area contributed by atoms with Crippen LogP contribution in [0, 0.1) is 0 Å². The van der Waals surface area contributed by atoms with Crippen LogP contribution in [-0.2, 0) is 11.3 Å². The highest BCUT2D eigenvalue weighted by Gasteiger charge is 2.34. The number of fused-ring (bicyclic) bond motifs is 1. The summed E-state index contributed by atoms with van der Waals surface area (Å²) < 4.78 is 10.8. The van der Waals surface area contributed by atoms with Crippen LogP contribution in [0.4, 0.5) is 0 Å². The molecule has 2 atom stereocenters. The summed E-state index contributed by atoms with van der Waals surface area (Å²) >= 11 is 6.35. The molecule has 2 unspecified atom stereocenters. The summed E-state index contributed by atoms with van der Waals surface area (Å²) in [7, 11) is 0. The largest absolute Gasteiger partial charge is 0.454 e. The summed E-state index contributed by atoms with van der Waals surface area (Å²) in [6, 6.07) is 4.66. The Bertz CT molecular complexity index is 714. The van der Waals surface area contributed by atoms with Gasteiger partial charge in [-0.2, -0.15) is 0 Å². The fourth-order valence-corrected chi connectivity index (χ4v) is 4.90. The minimum atomic E-state index is 0.255. The molecule has 0 aliphatic carbocycles. The molecule has 0 bridgehead atoms. The molecule has 6 nitrogen and oxygen atoms in total. The van der Waals surface area contributed by atoms with Crippen molar-refractivity contribution in [1.82, 2.24) is 15.1 Å². The SMILES string of the molecule is CCN1CCCC1CN1C(=O)CCC1CCNCc1cc2c(cc1Cl)OCO2. The first-order valence-corrected chi connectivity index (χ1v) is 10.9. The number of benzene rings is 1. The number of rotatable bonds is 8. The van der Waals surface area contributed by atoms with E-state index in [4.69, 9.17) is 21.1 Å². The van der Waals surface area contributed by atoms with Crippen LogP contribution in [0.2, 0.25) is 5.02 Å². The number of amides is 1. The third kappa shape index (κ3) is 4.24. The Hall–Kier alpha value is -1.50. The molecule has 4 rings (SSSR count). The second-order valence-corrected chi connectivity index (χ2v) is 8.33. The third-order valence-electron chi connectivity index (χ3n) is 6.28. The van der Waals surface area contributed by atoms with Gasteiger partial charge in [0.05, 0.1) is 0 Å². The number of carbonyl (C=O) groups excluding carboxylic acids is 1. The Kier molecular flexibility index (Phi) is 6.28. The van der Waals surface area contributed by atoms with Gasteiger partial charge in [0.1, 0.15) is 0 Å². The Labute approximate surface area is 172 Å². The number of carbonyl (C=O) groups is 1. The number of nitrogens with one attached hydrogen (secondary N) is 1. The first-order chi connectivity index (χ1) is 13.7. The molecule has 28 heavy (non-hydrogen) atoms. The van der Waals surface area contributed by atoms with Crippen LogP contribution in [-0.4, -0.2) is 60.8 Å². The van der Waals surface area contributed by atoms with Gasteiger partial charge in [-0.05, 0) is 56.9 Å². The number of likely N-dealkylation sites (N-methyl/N-ethyl adjacent to an activating group) is 1. The predicted octanol–water partition coefficient (Wildman–Crippen LogP) is 3.02. The molecular formula is C21H30ClN3O3. The molecule has 1 amide bonds. The van der Waals surface area contributed by atoms with Gasteiger partial charge in [-0.1, -0.05) is 18.5 Å². The zero-order valence-electron chi connectivity index (χ0n) is 16.6. The molecule has 0 spiro atoms. The maximum absolute atomic E-state index is 12.4. The summed E-state index contributed by atoms with van der Waals surface area (Å²) in [5.74, 6) is 1.79. The van der Waals surface area contributed by atoms with Crippen LogP contribution in [0.5, 0.6) is 11.5 Å². The Balaban J connectivity index is 1.26. The van der Waals surface area contributed by atoms with Gasteiger partial charge < -0.3 is 19.7 Å². The van der Waals surface area contributed by atoms with Gasteiger partial charge in [0, 0.05) is 42.7 Å². The van der Waals surface area contributed by atoms with Crippen molar-refractivity contribution in [3.05, 3.63) is 22.7 Å². The van der Waals surface area contributed by atoms with Crippen molar-refractivity contribution in [2.24, 2.45) is 0 Å². The lowest BCUT2D eigenvalue weighted by molar-refractivity contribution is -0.129. The van der Waals surface area contributed by atoms with Crippen molar-refractivity contribution in [2.75, 3.05) is 33.0 Å². The van der Waals surface area contributed by atoms with E-state index in [1.807, 2.05) is 12.1 Å². The van der Waals surface area contributed by atoms with E-state index in [2.05, 4.69) is 22.0 Å². The summed E-state index contributed by atoms with van der Waals surface area (Å²) in [4.78, 5) is 17.1. The maximum atomic E-state index is 12.4. The lowest BCUT2D eigenvalue weighted by Crippen LogP contribution is -2.44. The van der Waals surface area contributed by atoms with Gasteiger partial charge in [0.15, 0.2) is 11.5 Å². The molecule has 7 heteroatoms. The molecule has 1 aromatic carbocycles. The minimum absolute atomic E-state index is 0.255. The fraction of sp³-hybridized carbons (Fsp3) is 0.667. The van der Waals surface area contributed by atoms with Gasteiger partial charge in [0.25, 0.3) is 0 Å². The normalized spacial score (nSPS) is 24.5. The average Bonchev–Trinajstić information content (AvgIpc) is 3.41. The smallest absolute Gasteiger partial charge is 0.231 e. The lowest BCUT2D eigenvalue weighted by atomic mass is 10.1. The molecule has 0 radical (unpaired) electrons. The first kappa shape index (κ1) is 19.8. The van der Waals surface area contributed by atoms with Gasteiger partial charge in [-0.3, -0.25) is 9.69 Å². The van der Waals surface area contributed by atoms with E-state index in [1.165, 1.54) is 19.4 Å². The van der Waals surface area contributed by atoms with E-state index in [-0.39, 0.29) is 6.79 Å². The molecule has 2 fully saturated rings. The zero-order valence-corrected chi connectivity index (χ0v) is 17.3. The summed E-state index contributed by atoms with van der Waals surface area (Å²) in [6.07, 6.45) is 5.11. The minimum Gasteiger partial charge on any atom is -0.454 e. The van der Waals surface area contributed by atoms with E-state index in [0.717, 1.165) is 43.8 Å². The van der Waals surface area contributed by atoms with Gasteiger partial charge in [-0.25, -0.2) is 0 Å². The van der Waals surface area contributed by atoms with Gasteiger partial charge >= 0.3 is 0 Å². The highest BCUT2D eigenvalue weighted by Crippen LogP contribution is 2.36. The van der Waals surface area contributed by atoms with Crippen molar-refractivity contribution in [1.29, 1.82) is 0 Å². The molecule has 1 N–H and O–H groups in total. The Morgan fingerprint density at radius 3 is 2.86 bits per heavy atom. The van der Waals surface area contributed by atoms with Crippen LogP contribution >= 0.6 is 11.6 Å². The average molecular weight is 408 g/mol. The third-order valence-corrected chi connectivity index (χ3v) is 6.63. The predicted molar refractivity (Wildman–Crippen MR) is 109 cm³/mol. The van der Waals surface area contributed by atoms with Crippen LogP contribution in [0.15, 0.2) is 12.1 Å². The zero-order chi connectivity index (χ0) is 19.5. The highest BCUT2D eigenvalue weighted by atomic mass is 35.5. The first-order valence-electron chi connectivity index (χ1n) is 10.5. The van der Waals surface area contributed by atoms with E-state index in [1.54, 1.807) is 0 Å². The quantitative estimate of drug-likeness (QED) is 0.671. The number of halogens is 1.